The average molecular weight is 320 g/mol. The first kappa shape index (κ1) is 14.0. The Kier molecular flexibility index (Phi) is 5.44. The molecular formula is C11H12BrClN2O2. The third kappa shape index (κ3) is 4.75. The number of hydrogen-bond donors (Lipinski definition) is 1. The number of carbonyl (C=O) groups is 2. The second-order valence-electron chi connectivity index (χ2n) is 3.44. The van der Waals surface area contributed by atoms with Crippen LogP contribution in [0.25, 0.3) is 0 Å². The van der Waals surface area contributed by atoms with E-state index in [-0.39, 0.29) is 23.7 Å². The van der Waals surface area contributed by atoms with Crippen LogP contribution in [0.4, 0.5) is 5.69 Å². The number of carbonyl (C=O) groups excluding carboxylic acids is 2. The van der Waals surface area contributed by atoms with Crippen LogP contribution < -0.4 is 5.32 Å². The minimum Gasteiger partial charge on any atom is -0.336 e. The molecule has 0 atom stereocenters. The van der Waals surface area contributed by atoms with E-state index in [0.29, 0.717) is 10.7 Å². The lowest BCUT2D eigenvalue weighted by atomic mass is 10.3. The van der Waals surface area contributed by atoms with Crippen molar-refractivity contribution in [1.29, 1.82) is 0 Å². The van der Waals surface area contributed by atoms with E-state index in [1.807, 2.05) is 0 Å². The van der Waals surface area contributed by atoms with Gasteiger partial charge in [-0.2, -0.15) is 0 Å². The number of nitrogens with zero attached hydrogens (tertiary/aromatic N) is 1. The summed E-state index contributed by atoms with van der Waals surface area (Å²) >= 11 is 8.76. The summed E-state index contributed by atoms with van der Waals surface area (Å²) in [6.45, 7) is 0.0209. The van der Waals surface area contributed by atoms with Gasteiger partial charge in [0.15, 0.2) is 0 Å². The van der Waals surface area contributed by atoms with E-state index in [0.717, 1.165) is 0 Å². The Bertz CT molecular complexity index is 408. The van der Waals surface area contributed by atoms with Crippen LogP contribution in [0.2, 0.25) is 5.02 Å². The summed E-state index contributed by atoms with van der Waals surface area (Å²) in [5.41, 5.74) is 0.652. The molecule has 0 fully saturated rings. The molecule has 0 unspecified atom stereocenters. The number of halogens is 2. The van der Waals surface area contributed by atoms with Gasteiger partial charge < -0.3 is 10.2 Å². The van der Waals surface area contributed by atoms with Crippen molar-refractivity contribution in [2.75, 3.05) is 24.2 Å². The predicted molar refractivity (Wildman–Crippen MR) is 71.5 cm³/mol. The number of benzene rings is 1. The molecule has 0 aliphatic carbocycles. The quantitative estimate of drug-likeness (QED) is 0.864. The van der Waals surface area contributed by atoms with Crippen LogP contribution in [0.1, 0.15) is 0 Å². The number of rotatable bonds is 4. The molecule has 1 N–H and O–H groups in total. The minimum absolute atomic E-state index is 0.0209. The topological polar surface area (TPSA) is 49.4 Å². The van der Waals surface area contributed by atoms with Gasteiger partial charge in [-0.3, -0.25) is 9.59 Å². The highest BCUT2D eigenvalue weighted by Crippen LogP contribution is 2.13. The van der Waals surface area contributed by atoms with Crippen molar-refractivity contribution in [1.82, 2.24) is 4.90 Å². The molecular weight excluding hydrogens is 307 g/mol. The minimum atomic E-state index is -0.246. The summed E-state index contributed by atoms with van der Waals surface area (Å²) < 4.78 is 0. The second-order valence-corrected chi connectivity index (χ2v) is 4.44. The van der Waals surface area contributed by atoms with Gasteiger partial charge in [0.25, 0.3) is 0 Å². The smallest absolute Gasteiger partial charge is 0.243 e. The molecule has 17 heavy (non-hydrogen) atoms. The van der Waals surface area contributed by atoms with Crippen LogP contribution in [0.15, 0.2) is 24.3 Å². The number of nitrogens with one attached hydrogen (secondary N) is 1. The fourth-order valence-corrected chi connectivity index (χ4v) is 1.69. The van der Waals surface area contributed by atoms with Gasteiger partial charge in [0.05, 0.1) is 11.9 Å². The summed E-state index contributed by atoms with van der Waals surface area (Å²) in [7, 11) is 1.57. The number of likely N-dealkylation sites (N-methyl/N-ethyl adjacent to an activating group) is 1. The Morgan fingerprint density at radius 2 is 1.94 bits per heavy atom. The van der Waals surface area contributed by atoms with Crippen molar-refractivity contribution in [2.24, 2.45) is 0 Å². The van der Waals surface area contributed by atoms with Gasteiger partial charge in [0, 0.05) is 17.8 Å². The highest BCUT2D eigenvalue weighted by Gasteiger charge is 2.11. The van der Waals surface area contributed by atoms with Crippen LogP contribution in [0, 0.1) is 0 Å². The molecule has 1 rings (SSSR count). The molecule has 0 heterocycles. The molecule has 1 aromatic rings. The van der Waals surface area contributed by atoms with Gasteiger partial charge in [-0.25, -0.2) is 0 Å². The molecule has 0 saturated carbocycles. The van der Waals surface area contributed by atoms with Crippen molar-refractivity contribution >= 4 is 45.0 Å². The maximum absolute atomic E-state index is 11.6. The van der Waals surface area contributed by atoms with Crippen molar-refractivity contribution < 1.29 is 9.59 Å². The monoisotopic (exact) mass is 318 g/mol. The number of alkyl halides is 1. The lowest BCUT2D eigenvalue weighted by molar-refractivity contribution is -0.130. The Labute approximate surface area is 113 Å². The molecule has 92 valence electrons. The van der Waals surface area contributed by atoms with Crippen LogP contribution in [0.5, 0.6) is 0 Å². The lowest BCUT2D eigenvalue weighted by Crippen LogP contribution is -2.35. The van der Waals surface area contributed by atoms with Crippen LogP contribution in [-0.2, 0) is 9.59 Å². The molecule has 0 radical (unpaired) electrons. The van der Waals surface area contributed by atoms with Gasteiger partial charge in [-0.15, -0.1) is 0 Å². The standard InChI is InChI=1S/C11H12BrClN2O2/c1-15(11(17)6-12)7-10(16)14-9-4-2-8(13)3-5-9/h2-5H,6-7H2,1H3,(H,14,16). The molecule has 0 bridgehead atoms. The highest BCUT2D eigenvalue weighted by molar-refractivity contribution is 9.09. The third-order valence-corrected chi connectivity index (χ3v) is 2.78. The van der Waals surface area contributed by atoms with E-state index in [1.165, 1.54) is 4.90 Å². The number of amides is 2. The van der Waals surface area contributed by atoms with Crippen LogP contribution in [-0.4, -0.2) is 35.6 Å². The molecule has 0 saturated heterocycles. The fraction of sp³-hybridized carbons (Fsp3) is 0.273. The van der Waals surface area contributed by atoms with Gasteiger partial charge in [-0.1, -0.05) is 27.5 Å². The van der Waals surface area contributed by atoms with Gasteiger partial charge in [-0.05, 0) is 24.3 Å². The maximum atomic E-state index is 11.6. The zero-order valence-electron chi connectivity index (χ0n) is 9.24. The fourth-order valence-electron chi connectivity index (χ4n) is 1.14. The zero-order chi connectivity index (χ0) is 12.8. The third-order valence-electron chi connectivity index (χ3n) is 2.05. The molecule has 0 spiro atoms. The summed E-state index contributed by atoms with van der Waals surface area (Å²) in [6.07, 6.45) is 0. The predicted octanol–water partition coefficient (Wildman–Crippen LogP) is 2.13. The first-order valence-electron chi connectivity index (χ1n) is 4.88. The first-order chi connectivity index (χ1) is 8.02. The second kappa shape index (κ2) is 6.61. The molecule has 0 aliphatic rings. The molecule has 4 nitrogen and oxygen atoms in total. The van der Waals surface area contributed by atoms with Crippen molar-refractivity contribution in [3.05, 3.63) is 29.3 Å². The Morgan fingerprint density at radius 3 is 2.47 bits per heavy atom. The molecule has 0 aliphatic heterocycles. The van der Waals surface area contributed by atoms with Crippen molar-refractivity contribution in [3.63, 3.8) is 0 Å². The summed E-state index contributed by atoms with van der Waals surface area (Å²) in [4.78, 5) is 24.1. The van der Waals surface area contributed by atoms with Crippen molar-refractivity contribution in [3.8, 4) is 0 Å². The Morgan fingerprint density at radius 1 is 1.35 bits per heavy atom. The Hall–Kier alpha value is -1.07. The summed E-state index contributed by atoms with van der Waals surface area (Å²) in [5, 5.41) is 3.48. The largest absolute Gasteiger partial charge is 0.336 e. The molecule has 1 aromatic carbocycles. The number of hydrogen-bond acceptors (Lipinski definition) is 2. The van der Waals surface area contributed by atoms with E-state index in [9.17, 15) is 9.59 Å². The van der Waals surface area contributed by atoms with E-state index in [2.05, 4.69) is 21.2 Å². The molecule has 2 amide bonds. The molecule has 6 heteroatoms. The first-order valence-corrected chi connectivity index (χ1v) is 6.38. The molecule has 0 aromatic heterocycles. The van der Waals surface area contributed by atoms with E-state index in [1.54, 1.807) is 31.3 Å². The Balaban J connectivity index is 2.50. The SMILES string of the molecule is CN(CC(=O)Nc1ccc(Cl)cc1)C(=O)CBr. The van der Waals surface area contributed by atoms with E-state index in [4.69, 9.17) is 11.6 Å². The van der Waals surface area contributed by atoms with E-state index >= 15 is 0 Å². The maximum Gasteiger partial charge on any atom is 0.243 e. The summed E-state index contributed by atoms with van der Waals surface area (Å²) in [5.74, 6) is -0.389. The summed E-state index contributed by atoms with van der Waals surface area (Å²) in [6, 6.07) is 6.77. The highest BCUT2D eigenvalue weighted by atomic mass is 79.9. The van der Waals surface area contributed by atoms with E-state index < -0.39 is 0 Å². The van der Waals surface area contributed by atoms with Crippen molar-refractivity contribution in [2.45, 2.75) is 0 Å². The van der Waals surface area contributed by atoms with Gasteiger partial charge >= 0.3 is 0 Å². The van der Waals surface area contributed by atoms with Crippen LogP contribution >= 0.6 is 27.5 Å². The lowest BCUT2D eigenvalue weighted by Gasteiger charge is -2.15. The van der Waals surface area contributed by atoms with Gasteiger partial charge in [0.2, 0.25) is 11.8 Å². The average Bonchev–Trinajstić information content (AvgIpc) is 2.30. The number of anilines is 1. The normalized spacial score (nSPS) is 9.82. The van der Waals surface area contributed by atoms with Gasteiger partial charge in [0.1, 0.15) is 0 Å². The van der Waals surface area contributed by atoms with Crippen LogP contribution in [0.3, 0.4) is 0 Å². The zero-order valence-corrected chi connectivity index (χ0v) is 11.6.